The molecule has 0 spiro atoms. The summed E-state index contributed by atoms with van der Waals surface area (Å²) in [5.41, 5.74) is 6.65. The lowest BCUT2D eigenvalue weighted by atomic mass is 10.1. The molecule has 6 N–H and O–H groups in total. The van der Waals surface area contributed by atoms with Gasteiger partial charge in [0.05, 0.1) is 21.2 Å². The molecule has 0 saturated heterocycles. The summed E-state index contributed by atoms with van der Waals surface area (Å²) in [6.07, 6.45) is 0. The highest BCUT2D eigenvalue weighted by Gasteiger charge is 2.14. The van der Waals surface area contributed by atoms with E-state index in [-0.39, 0.29) is 16.3 Å². The molecule has 142 valence electrons. The van der Waals surface area contributed by atoms with Crippen LogP contribution in [0, 0.1) is 0 Å². The smallest absolute Gasteiger partial charge is 0.294 e. The molecule has 27 heavy (non-hydrogen) atoms. The number of hydrogen-bond acceptors (Lipinski definition) is 7. The Morgan fingerprint density at radius 1 is 0.815 bits per heavy atom. The van der Waals surface area contributed by atoms with Crippen molar-refractivity contribution < 1.29 is 31.0 Å². The number of nitrogen functional groups attached to an aromatic ring is 1. The van der Waals surface area contributed by atoms with Crippen LogP contribution in [0.5, 0.6) is 5.75 Å². The molecule has 3 aromatic carbocycles. The van der Waals surface area contributed by atoms with E-state index < -0.39 is 25.1 Å². The Balaban J connectivity index is 2.03. The molecule has 0 heterocycles. The predicted molar refractivity (Wildman–Crippen MR) is 99.4 cm³/mol. The van der Waals surface area contributed by atoms with E-state index in [2.05, 4.69) is 5.32 Å². The average molecular weight is 410 g/mol. The molecule has 0 unspecified atom stereocenters. The van der Waals surface area contributed by atoms with Crippen molar-refractivity contribution in [2.75, 3.05) is 11.1 Å². The second-order valence-corrected chi connectivity index (χ2v) is 8.55. The molecule has 0 aliphatic heterocycles. The van der Waals surface area contributed by atoms with Crippen molar-refractivity contribution in [3.05, 3.63) is 48.5 Å². The number of anilines is 3. The molecular formula is C16H14N2O7S2. The van der Waals surface area contributed by atoms with Crippen LogP contribution in [0.25, 0.3) is 10.8 Å². The maximum absolute atomic E-state index is 11.3. The highest BCUT2D eigenvalue weighted by atomic mass is 32.2. The van der Waals surface area contributed by atoms with E-state index >= 15 is 0 Å². The third kappa shape index (κ3) is 3.95. The van der Waals surface area contributed by atoms with Crippen LogP contribution in [-0.4, -0.2) is 31.0 Å². The molecule has 11 heteroatoms. The molecule has 0 fully saturated rings. The number of hydrogen-bond donors (Lipinski definition) is 5. The highest BCUT2D eigenvalue weighted by molar-refractivity contribution is 7.86. The topological polar surface area (TPSA) is 167 Å². The van der Waals surface area contributed by atoms with Gasteiger partial charge in [0, 0.05) is 17.1 Å². The molecule has 0 atom stereocenters. The van der Waals surface area contributed by atoms with Crippen molar-refractivity contribution in [3.8, 4) is 5.75 Å². The summed E-state index contributed by atoms with van der Waals surface area (Å²) in [6.45, 7) is 0. The number of nitrogens with one attached hydrogen (secondary N) is 1. The zero-order chi connectivity index (χ0) is 20.0. The number of fused-ring (bicyclic) bond motifs is 1. The van der Waals surface area contributed by atoms with Crippen LogP contribution in [0.4, 0.5) is 17.1 Å². The molecule has 3 rings (SSSR count). The van der Waals surface area contributed by atoms with Crippen LogP contribution < -0.4 is 11.1 Å². The zero-order valence-corrected chi connectivity index (χ0v) is 15.1. The minimum atomic E-state index is -4.49. The van der Waals surface area contributed by atoms with Crippen molar-refractivity contribution >= 4 is 48.1 Å². The van der Waals surface area contributed by atoms with Crippen LogP contribution in [0.15, 0.2) is 58.3 Å². The summed E-state index contributed by atoms with van der Waals surface area (Å²) in [5, 5.41) is 13.6. The second-order valence-electron chi connectivity index (χ2n) is 5.70. The third-order valence-corrected chi connectivity index (χ3v) is 5.48. The summed E-state index contributed by atoms with van der Waals surface area (Å²) in [5.74, 6) is -0.316. The van der Waals surface area contributed by atoms with Gasteiger partial charge in [0.2, 0.25) is 0 Å². The Labute approximate surface area is 154 Å². The van der Waals surface area contributed by atoms with E-state index in [9.17, 15) is 21.9 Å². The molecule has 0 amide bonds. The largest absolute Gasteiger partial charge is 0.507 e. The maximum Gasteiger partial charge on any atom is 0.294 e. The van der Waals surface area contributed by atoms with Crippen molar-refractivity contribution in [3.63, 3.8) is 0 Å². The molecule has 3 aromatic rings. The van der Waals surface area contributed by atoms with E-state index in [1.165, 1.54) is 24.3 Å². The highest BCUT2D eigenvalue weighted by Crippen LogP contribution is 2.32. The number of rotatable bonds is 4. The first-order chi connectivity index (χ1) is 12.4. The van der Waals surface area contributed by atoms with Crippen molar-refractivity contribution in [2.24, 2.45) is 0 Å². The molecular weight excluding hydrogens is 396 g/mol. The average Bonchev–Trinajstić information content (AvgIpc) is 2.54. The number of aromatic hydroxyl groups is 1. The fourth-order valence-electron chi connectivity index (χ4n) is 2.52. The lowest BCUT2D eigenvalue weighted by Crippen LogP contribution is -2.02. The minimum absolute atomic E-state index is 0.0553. The van der Waals surface area contributed by atoms with Crippen LogP contribution >= 0.6 is 0 Å². The van der Waals surface area contributed by atoms with Crippen molar-refractivity contribution in [1.29, 1.82) is 0 Å². The van der Waals surface area contributed by atoms with Crippen LogP contribution in [0.1, 0.15) is 0 Å². The van der Waals surface area contributed by atoms with E-state index in [1.807, 2.05) is 0 Å². The van der Waals surface area contributed by atoms with E-state index in [0.29, 0.717) is 22.1 Å². The van der Waals surface area contributed by atoms with Gasteiger partial charge in [-0.2, -0.15) is 16.8 Å². The molecule has 0 aromatic heterocycles. The van der Waals surface area contributed by atoms with Crippen molar-refractivity contribution in [2.45, 2.75) is 9.79 Å². The molecule has 0 saturated carbocycles. The van der Waals surface area contributed by atoms with Gasteiger partial charge in [-0.3, -0.25) is 9.11 Å². The van der Waals surface area contributed by atoms with E-state index in [0.717, 1.165) is 18.2 Å². The van der Waals surface area contributed by atoms with Gasteiger partial charge in [-0.1, -0.05) is 0 Å². The quantitative estimate of drug-likeness (QED) is 0.320. The normalized spacial score (nSPS) is 12.2. The second kappa shape index (κ2) is 6.39. The van der Waals surface area contributed by atoms with Crippen LogP contribution in [0.2, 0.25) is 0 Å². The summed E-state index contributed by atoms with van der Waals surface area (Å²) in [7, 11) is -8.88. The van der Waals surface area contributed by atoms with Crippen LogP contribution in [-0.2, 0) is 20.2 Å². The summed E-state index contributed by atoms with van der Waals surface area (Å²) < 4.78 is 63.1. The number of benzene rings is 3. The number of nitrogens with two attached hydrogens (primary N) is 1. The Morgan fingerprint density at radius 2 is 1.48 bits per heavy atom. The van der Waals surface area contributed by atoms with Gasteiger partial charge in [-0.25, -0.2) is 0 Å². The number of phenols is 1. The van der Waals surface area contributed by atoms with Gasteiger partial charge in [-0.15, -0.1) is 0 Å². The van der Waals surface area contributed by atoms with Gasteiger partial charge in [0.25, 0.3) is 20.2 Å². The first kappa shape index (κ1) is 18.9. The summed E-state index contributed by atoms with van der Waals surface area (Å²) in [6, 6.07) is 10.4. The van der Waals surface area contributed by atoms with Gasteiger partial charge < -0.3 is 16.2 Å². The SMILES string of the molecule is Nc1cc(S(=O)(=O)O)ccc1Nc1ccc2c(O)cc(S(=O)(=O)O)cc2c1. The maximum atomic E-state index is 11.3. The number of phenolic OH excluding ortho intramolecular Hbond substituents is 1. The predicted octanol–water partition coefficient (Wildman–Crippen LogP) is 2.36. The molecule has 0 aliphatic rings. The van der Waals surface area contributed by atoms with E-state index in [4.69, 9.17) is 14.8 Å². The molecule has 0 radical (unpaired) electrons. The van der Waals surface area contributed by atoms with Gasteiger partial charge in [0.15, 0.2) is 0 Å². The summed E-state index contributed by atoms with van der Waals surface area (Å²) in [4.78, 5) is -0.812. The zero-order valence-electron chi connectivity index (χ0n) is 13.5. The third-order valence-electron chi connectivity index (χ3n) is 3.80. The lowest BCUT2D eigenvalue weighted by Gasteiger charge is -2.12. The standard InChI is InChI=1S/C16H14N2O7S2/c17-14-7-11(26(20,21)22)2-4-15(14)18-10-1-3-13-9(5-10)6-12(8-16(13)19)27(23,24)25/h1-8,18-19H,17H2,(H,20,21,22)(H,23,24,25). The fourth-order valence-corrected chi connectivity index (χ4v) is 3.57. The lowest BCUT2D eigenvalue weighted by molar-refractivity contribution is 0.471. The summed E-state index contributed by atoms with van der Waals surface area (Å²) >= 11 is 0. The fraction of sp³-hybridized carbons (Fsp3) is 0. The van der Waals surface area contributed by atoms with E-state index in [1.54, 1.807) is 6.07 Å². The molecule has 0 bridgehead atoms. The Kier molecular flexibility index (Phi) is 4.48. The first-order valence-electron chi connectivity index (χ1n) is 7.33. The minimum Gasteiger partial charge on any atom is -0.507 e. The Morgan fingerprint density at radius 3 is 2.07 bits per heavy atom. The van der Waals surface area contributed by atoms with Gasteiger partial charge >= 0.3 is 0 Å². The molecule has 0 aliphatic carbocycles. The van der Waals surface area contributed by atoms with Crippen LogP contribution in [0.3, 0.4) is 0 Å². The van der Waals surface area contributed by atoms with Gasteiger partial charge in [0.1, 0.15) is 5.75 Å². The monoisotopic (exact) mass is 410 g/mol. The Hall–Kier alpha value is -2.86. The Bertz CT molecular complexity index is 1270. The van der Waals surface area contributed by atoms with Gasteiger partial charge in [-0.05, 0) is 47.9 Å². The first-order valence-corrected chi connectivity index (χ1v) is 10.2. The molecule has 9 nitrogen and oxygen atoms in total. The van der Waals surface area contributed by atoms with Crippen molar-refractivity contribution in [1.82, 2.24) is 0 Å².